The first-order valence-corrected chi connectivity index (χ1v) is 8.65. The summed E-state index contributed by atoms with van der Waals surface area (Å²) >= 11 is 0. The Bertz CT molecular complexity index is 518. The molecule has 23 heavy (non-hydrogen) atoms. The van der Waals surface area contributed by atoms with Crippen molar-refractivity contribution < 1.29 is 4.79 Å². The Kier molecular flexibility index (Phi) is 6.91. The van der Waals surface area contributed by atoms with E-state index in [0.29, 0.717) is 13.0 Å². The molecule has 2 rings (SSSR count). The van der Waals surface area contributed by atoms with Crippen LogP contribution in [-0.4, -0.2) is 36.4 Å². The Morgan fingerprint density at radius 2 is 1.87 bits per heavy atom. The lowest BCUT2D eigenvalue weighted by molar-refractivity contribution is -0.116. The van der Waals surface area contributed by atoms with E-state index in [1.807, 2.05) is 31.2 Å². The number of aliphatic imine (C=N–C) groups is 1. The van der Waals surface area contributed by atoms with Crippen molar-refractivity contribution in [3.63, 3.8) is 0 Å². The normalized spacial score (nSPS) is 14.9. The van der Waals surface area contributed by atoms with E-state index in [9.17, 15) is 4.79 Å². The van der Waals surface area contributed by atoms with Crippen molar-refractivity contribution in [1.29, 1.82) is 0 Å². The van der Waals surface area contributed by atoms with Crippen LogP contribution < -0.4 is 10.6 Å². The summed E-state index contributed by atoms with van der Waals surface area (Å²) in [5, 5.41) is 6.27. The standard InChI is InChI=1S/C18H28N4O/c1-3-7-17(23)21-16-10-8-15(9-11-16)14-20-18(19-4-2)22-12-5-6-13-22/h8-11H,3-7,12-14H2,1-2H3,(H,19,20)(H,21,23). The number of benzene rings is 1. The van der Waals surface area contributed by atoms with Crippen molar-refractivity contribution >= 4 is 17.6 Å². The Labute approximate surface area is 139 Å². The molecule has 1 amide bonds. The molecule has 5 nitrogen and oxygen atoms in total. The number of carbonyl (C=O) groups excluding carboxylic acids is 1. The second-order valence-electron chi connectivity index (χ2n) is 5.86. The molecule has 0 atom stereocenters. The molecule has 126 valence electrons. The van der Waals surface area contributed by atoms with Crippen LogP contribution in [0, 0.1) is 0 Å². The van der Waals surface area contributed by atoms with Gasteiger partial charge in [-0.2, -0.15) is 0 Å². The van der Waals surface area contributed by atoms with Crippen LogP contribution in [0.5, 0.6) is 0 Å². The molecule has 0 unspecified atom stereocenters. The maximum absolute atomic E-state index is 11.6. The number of hydrogen-bond acceptors (Lipinski definition) is 2. The molecular formula is C18H28N4O. The van der Waals surface area contributed by atoms with Gasteiger partial charge in [0, 0.05) is 31.7 Å². The van der Waals surface area contributed by atoms with Crippen molar-refractivity contribution in [2.45, 2.75) is 46.1 Å². The Hall–Kier alpha value is -2.04. The van der Waals surface area contributed by atoms with Crippen molar-refractivity contribution in [2.75, 3.05) is 25.0 Å². The Balaban J connectivity index is 1.93. The maximum Gasteiger partial charge on any atom is 0.224 e. The van der Waals surface area contributed by atoms with E-state index in [1.165, 1.54) is 12.8 Å². The fourth-order valence-corrected chi connectivity index (χ4v) is 2.66. The Morgan fingerprint density at radius 3 is 2.48 bits per heavy atom. The van der Waals surface area contributed by atoms with E-state index in [2.05, 4.69) is 22.5 Å². The highest BCUT2D eigenvalue weighted by molar-refractivity contribution is 5.90. The molecule has 1 fully saturated rings. The number of carbonyl (C=O) groups is 1. The number of guanidine groups is 1. The van der Waals surface area contributed by atoms with Crippen molar-refractivity contribution in [2.24, 2.45) is 4.99 Å². The lowest BCUT2D eigenvalue weighted by Crippen LogP contribution is -2.39. The van der Waals surface area contributed by atoms with Gasteiger partial charge in [0.15, 0.2) is 5.96 Å². The molecule has 0 spiro atoms. The van der Waals surface area contributed by atoms with E-state index in [4.69, 9.17) is 4.99 Å². The van der Waals surface area contributed by atoms with E-state index in [-0.39, 0.29) is 5.91 Å². The van der Waals surface area contributed by atoms with Crippen LogP contribution in [0.15, 0.2) is 29.3 Å². The maximum atomic E-state index is 11.6. The van der Waals surface area contributed by atoms with Crippen LogP contribution in [0.4, 0.5) is 5.69 Å². The topological polar surface area (TPSA) is 56.7 Å². The third-order valence-electron chi connectivity index (χ3n) is 3.87. The van der Waals surface area contributed by atoms with E-state index in [0.717, 1.165) is 43.3 Å². The fourth-order valence-electron chi connectivity index (χ4n) is 2.66. The first-order valence-electron chi connectivity index (χ1n) is 8.65. The molecule has 0 saturated carbocycles. The fraction of sp³-hybridized carbons (Fsp3) is 0.556. The minimum absolute atomic E-state index is 0.0711. The average molecular weight is 316 g/mol. The molecule has 1 saturated heterocycles. The highest BCUT2D eigenvalue weighted by Crippen LogP contribution is 2.12. The SMILES string of the molecule is CCCC(=O)Nc1ccc(CN=C(NCC)N2CCCC2)cc1. The molecule has 5 heteroatoms. The van der Waals surface area contributed by atoms with Crippen LogP contribution in [-0.2, 0) is 11.3 Å². The Morgan fingerprint density at radius 1 is 1.17 bits per heavy atom. The summed E-state index contributed by atoms with van der Waals surface area (Å²) in [5.74, 6) is 1.08. The molecule has 1 heterocycles. The van der Waals surface area contributed by atoms with E-state index < -0.39 is 0 Å². The van der Waals surface area contributed by atoms with Crippen LogP contribution in [0.1, 0.15) is 45.1 Å². The van der Waals surface area contributed by atoms with Crippen LogP contribution in [0.3, 0.4) is 0 Å². The molecule has 2 N–H and O–H groups in total. The van der Waals surface area contributed by atoms with Crippen molar-refractivity contribution in [3.8, 4) is 0 Å². The number of rotatable bonds is 6. The summed E-state index contributed by atoms with van der Waals surface area (Å²) in [5.41, 5.74) is 2.00. The third-order valence-corrected chi connectivity index (χ3v) is 3.87. The molecule has 1 aliphatic rings. The summed E-state index contributed by atoms with van der Waals surface area (Å²) in [6.07, 6.45) is 3.92. The van der Waals surface area contributed by atoms with Gasteiger partial charge < -0.3 is 15.5 Å². The molecule has 1 aliphatic heterocycles. The first-order chi connectivity index (χ1) is 11.2. The lowest BCUT2D eigenvalue weighted by Gasteiger charge is -2.20. The van der Waals surface area contributed by atoms with Crippen molar-refractivity contribution in [1.82, 2.24) is 10.2 Å². The van der Waals surface area contributed by atoms with E-state index >= 15 is 0 Å². The van der Waals surface area contributed by atoms with E-state index in [1.54, 1.807) is 0 Å². The van der Waals surface area contributed by atoms with Gasteiger partial charge in [-0.1, -0.05) is 19.1 Å². The van der Waals surface area contributed by atoms with Crippen LogP contribution in [0.25, 0.3) is 0 Å². The third kappa shape index (κ3) is 5.58. The van der Waals surface area contributed by atoms with Gasteiger partial charge >= 0.3 is 0 Å². The number of amides is 1. The highest BCUT2D eigenvalue weighted by Gasteiger charge is 2.15. The second-order valence-corrected chi connectivity index (χ2v) is 5.86. The van der Waals surface area contributed by atoms with Gasteiger partial charge in [-0.25, -0.2) is 4.99 Å². The number of nitrogens with zero attached hydrogens (tertiary/aromatic N) is 2. The predicted molar refractivity (Wildman–Crippen MR) is 95.6 cm³/mol. The molecular weight excluding hydrogens is 288 g/mol. The molecule has 1 aromatic carbocycles. The summed E-state index contributed by atoms with van der Waals surface area (Å²) in [7, 11) is 0. The van der Waals surface area contributed by atoms with Gasteiger partial charge in [-0.05, 0) is 43.9 Å². The second kappa shape index (κ2) is 9.18. The monoisotopic (exact) mass is 316 g/mol. The van der Waals surface area contributed by atoms with Crippen LogP contribution in [0.2, 0.25) is 0 Å². The molecule has 1 aromatic rings. The van der Waals surface area contributed by atoms with Gasteiger partial charge in [0.1, 0.15) is 0 Å². The van der Waals surface area contributed by atoms with Gasteiger partial charge in [0.05, 0.1) is 6.54 Å². The molecule has 0 radical (unpaired) electrons. The minimum atomic E-state index is 0.0711. The number of likely N-dealkylation sites (tertiary alicyclic amines) is 1. The summed E-state index contributed by atoms with van der Waals surface area (Å²) in [4.78, 5) is 18.6. The largest absolute Gasteiger partial charge is 0.357 e. The summed E-state index contributed by atoms with van der Waals surface area (Å²) in [6.45, 7) is 7.82. The smallest absolute Gasteiger partial charge is 0.224 e. The molecule has 0 aliphatic carbocycles. The highest BCUT2D eigenvalue weighted by atomic mass is 16.1. The zero-order valence-corrected chi connectivity index (χ0v) is 14.3. The average Bonchev–Trinajstić information content (AvgIpc) is 3.07. The van der Waals surface area contributed by atoms with Gasteiger partial charge in [0.2, 0.25) is 5.91 Å². The van der Waals surface area contributed by atoms with Gasteiger partial charge in [-0.15, -0.1) is 0 Å². The lowest BCUT2D eigenvalue weighted by atomic mass is 10.2. The summed E-state index contributed by atoms with van der Waals surface area (Å²) in [6, 6.07) is 7.94. The summed E-state index contributed by atoms with van der Waals surface area (Å²) < 4.78 is 0. The number of anilines is 1. The van der Waals surface area contributed by atoms with Crippen LogP contribution >= 0.6 is 0 Å². The number of hydrogen-bond donors (Lipinski definition) is 2. The number of nitrogens with one attached hydrogen (secondary N) is 2. The molecule has 0 aromatic heterocycles. The van der Waals surface area contributed by atoms with Crippen molar-refractivity contribution in [3.05, 3.63) is 29.8 Å². The first kappa shape index (κ1) is 17.3. The van der Waals surface area contributed by atoms with Gasteiger partial charge in [-0.3, -0.25) is 4.79 Å². The molecule has 0 bridgehead atoms. The minimum Gasteiger partial charge on any atom is -0.357 e. The zero-order chi connectivity index (χ0) is 16.5. The predicted octanol–water partition coefficient (Wildman–Crippen LogP) is 2.99. The van der Waals surface area contributed by atoms with Gasteiger partial charge in [0.25, 0.3) is 0 Å². The quantitative estimate of drug-likeness (QED) is 0.626. The zero-order valence-electron chi connectivity index (χ0n) is 14.3.